The Morgan fingerprint density at radius 2 is 1.82 bits per heavy atom. The molecule has 2 bridgehead atoms. The van der Waals surface area contributed by atoms with Crippen molar-refractivity contribution in [3.05, 3.63) is 0 Å². The fraction of sp³-hybridized carbons (Fsp3) is 1.00. The second-order valence-electron chi connectivity index (χ2n) is 4.92. The molecule has 3 rings (SSSR count). The molecule has 66 valence electrons. The summed E-state index contributed by atoms with van der Waals surface area (Å²) < 4.78 is 0. The summed E-state index contributed by atoms with van der Waals surface area (Å²) in [5.41, 5.74) is 0.706. The first-order chi connectivity index (χ1) is 4.62. The van der Waals surface area contributed by atoms with Crippen LogP contribution in [-0.4, -0.2) is 5.48 Å². The molecular weight excluding hydrogens is 136 g/mol. The summed E-state index contributed by atoms with van der Waals surface area (Å²) in [7, 11) is 0. The van der Waals surface area contributed by atoms with E-state index in [-0.39, 0.29) is 5.48 Å². The second-order valence-corrected chi connectivity index (χ2v) is 4.92. The number of fused-ring (bicyclic) bond motifs is 2. The van der Waals surface area contributed by atoms with Crippen LogP contribution in [0.2, 0.25) is 0 Å². The van der Waals surface area contributed by atoms with Gasteiger partial charge in [0.05, 0.1) is 0 Å². The molecule has 0 aromatic heterocycles. The molecule has 0 aromatic carbocycles. The zero-order chi connectivity index (χ0) is 7.35. The van der Waals surface area contributed by atoms with E-state index in [2.05, 4.69) is 20.8 Å². The Kier molecular flexibility index (Phi) is 2.04. The third-order valence-corrected chi connectivity index (χ3v) is 4.20. The van der Waals surface area contributed by atoms with Crippen LogP contribution in [0.3, 0.4) is 0 Å². The molecule has 1 heteroatoms. The van der Waals surface area contributed by atoms with Crippen molar-refractivity contribution in [3.8, 4) is 0 Å². The van der Waals surface area contributed by atoms with E-state index in [4.69, 9.17) is 0 Å². The molecule has 1 nitrogen and oxygen atoms in total. The molecule has 3 unspecified atom stereocenters. The molecule has 3 aliphatic carbocycles. The largest absolute Gasteiger partial charge is 0.412 e. The Balaban J connectivity index is 0.000000605. The Morgan fingerprint density at radius 1 is 1.18 bits per heavy atom. The highest BCUT2D eigenvalue weighted by Gasteiger charge is 2.52. The maximum atomic E-state index is 2.46. The molecule has 0 aliphatic heterocycles. The van der Waals surface area contributed by atoms with Gasteiger partial charge in [0.25, 0.3) is 0 Å². The summed E-state index contributed by atoms with van der Waals surface area (Å²) in [6.07, 6.45) is 4.54. The molecule has 3 aliphatic rings. The van der Waals surface area contributed by atoms with E-state index in [1.807, 2.05) is 0 Å². The first kappa shape index (κ1) is 9.05. The lowest BCUT2D eigenvalue weighted by atomic mass is 9.46. The minimum atomic E-state index is 0. The predicted octanol–water partition coefficient (Wildman–Crippen LogP) is 2.25. The molecule has 2 N–H and O–H groups in total. The topological polar surface area (TPSA) is 31.5 Å². The van der Waals surface area contributed by atoms with Gasteiger partial charge in [-0.05, 0) is 36.0 Å². The van der Waals surface area contributed by atoms with Crippen molar-refractivity contribution in [1.29, 1.82) is 0 Å². The Hall–Kier alpha value is -0.0400. The molecule has 3 saturated carbocycles. The van der Waals surface area contributed by atoms with Crippen LogP contribution in [0, 0.1) is 23.2 Å². The lowest BCUT2D eigenvalue weighted by Gasteiger charge is -2.59. The molecule has 3 atom stereocenters. The van der Waals surface area contributed by atoms with Gasteiger partial charge in [-0.25, -0.2) is 0 Å². The molecule has 0 radical (unpaired) electrons. The fourth-order valence-corrected chi connectivity index (χ4v) is 3.18. The Labute approximate surface area is 69.5 Å². The molecule has 0 saturated heterocycles. The van der Waals surface area contributed by atoms with Crippen molar-refractivity contribution in [2.45, 2.75) is 40.0 Å². The molecule has 0 aromatic rings. The minimum Gasteiger partial charge on any atom is -0.412 e. The molecule has 0 heterocycles. The van der Waals surface area contributed by atoms with Gasteiger partial charge in [0.15, 0.2) is 0 Å². The van der Waals surface area contributed by atoms with E-state index >= 15 is 0 Å². The molecular formula is C10H20O. The van der Waals surface area contributed by atoms with Crippen LogP contribution in [0.15, 0.2) is 0 Å². The van der Waals surface area contributed by atoms with Crippen LogP contribution >= 0.6 is 0 Å². The van der Waals surface area contributed by atoms with Crippen LogP contribution < -0.4 is 0 Å². The second kappa shape index (κ2) is 2.48. The van der Waals surface area contributed by atoms with Gasteiger partial charge < -0.3 is 5.48 Å². The van der Waals surface area contributed by atoms with Crippen molar-refractivity contribution in [2.24, 2.45) is 23.2 Å². The van der Waals surface area contributed by atoms with Crippen molar-refractivity contribution >= 4 is 0 Å². The van der Waals surface area contributed by atoms with Gasteiger partial charge in [0.1, 0.15) is 0 Å². The first-order valence-electron chi connectivity index (χ1n) is 4.62. The van der Waals surface area contributed by atoms with Crippen molar-refractivity contribution in [1.82, 2.24) is 0 Å². The zero-order valence-corrected chi connectivity index (χ0v) is 7.85. The van der Waals surface area contributed by atoms with E-state index in [9.17, 15) is 0 Å². The zero-order valence-electron chi connectivity index (χ0n) is 7.85. The van der Waals surface area contributed by atoms with Crippen LogP contribution in [0.5, 0.6) is 0 Å². The van der Waals surface area contributed by atoms with Crippen LogP contribution in [0.1, 0.15) is 40.0 Å². The number of rotatable bonds is 0. The van der Waals surface area contributed by atoms with E-state index in [0.29, 0.717) is 5.41 Å². The average Bonchev–Trinajstić information content (AvgIpc) is 1.87. The summed E-state index contributed by atoms with van der Waals surface area (Å²) >= 11 is 0. The maximum Gasteiger partial charge on any atom is -0.0295 e. The third-order valence-electron chi connectivity index (χ3n) is 4.20. The first-order valence-corrected chi connectivity index (χ1v) is 4.62. The SMILES string of the molecule is CC1CCC2CC1C2(C)C.O. The summed E-state index contributed by atoms with van der Waals surface area (Å²) in [5, 5.41) is 0. The summed E-state index contributed by atoms with van der Waals surface area (Å²) in [6, 6.07) is 0. The summed E-state index contributed by atoms with van der Waals surface area (Å²) in [6.45, 7) is 7.35. The van der Waals surface area contributed by atoms with Crippen LogP contribution in [0.4, 0.5) is 0 Å². The lowest BCUT2D eigenvalue weighted by Crippen LogP contribution is -2.51. The van der Waals surface area contributed by atoms with E-state index in [1.165, 1.54) is 19.3 Å². The summed E-state index contributed by atoms with van der Waals surface area (Å²) in [4.78, 5) is 0. The monoisotopic (exact) mass is 156 g/mol. The molecule has 0 amide bonds. The van der Waals surface area contributed by atoms with E-state index in [0.717, 1.165) is 17.8 Å². The standard InChI is InChI=1S/C10H18.H2O/c1-7-4-5-8-6-9(7)10(8,2)3;/h7-9H,4-6H2,1-3H3;1H2. The Bertz CT molecular complexity index is 149. The smallest absolute Gasteiger partial charge is 0.0295 e. The van der Waals surface area contributed by atoms with E-state index in [1.54, 1.807) is 0 Å². The average molecular weight is 156 g/mol. The van der Waals surface area contributed by atoms with Crippen LogP contribution in [-0.2, 0) is 0 Å². The number of hydrogen-bond donors (Lipinski definition) is 0. The highest BCUT2D eigenvalue weighted by atomic mass is 16.0. The number of hydrogen-bond acceptors (Lipinski definition) is 0. The molecule has 3 fully saturated rings. The maximum absolute atomic E-state index is 2.46. The normalized spacial score (nSPS) is 45.5. The van der Waals surface area contributed by atoms with Crippen molar-refractivity contribution in [3.63, 3.8) is 0 Å². The van der Waals surface area contributed by atoms with Gasteiger partial charge in [-0.1, -0.05) is 27.2 Å². The van der Waals surface area contributed by atoms with Gasteiger partial charge in [0, 0.05) is 0 Å². The van der Waals surface area contributed by atoms with Crippen LogP contribution in [0.25, 0.3) is 0 Å². The fourth-order valence-electron chi connectivity index (χ4n) is 3.18. The van der Waals surface area contributed by atoms with Gasteiger partial charge in [-0.3, -0.25) is 0 Å². The highest BCUT2D eigenvalue weighted by Crippen LogP contribution is 2.61. The van der Waals surface area contributed by atoms with Crippen molar-refractivity contribution < 1.29 is 5.48 Å². The Morgan fingerprint density at radius 3 is 2.09 bits per heavy atom. The van der Waals surface area contributed by atoms with Gasteiger partial charge in [-0.15, -0.1) is 0 Å². The van der Waals surface area contributed by atoms with Gasteiger partial charge in [0.2, 0.25) is 0 Å². The molecule has 0 spiro atoms. The van der Waals surface area contributed by atoms with E-state index < -0.39 is 0 Å². The quantitative estimate of drug-likeness (QED) is 0.515. The van der Waals surface area contributed by atoms with Gasteiger partial charge >= 0.3 is 0 Å². The minimum absolute atomic E-state index is 0. The lowest BCUT2D eigenvalue weighted by molar-refractivity contribution is -0.0988. The highest BCUT2D eigenvalue weighted by molar-refractivity contribution is 5.01. The third kappa shape index (κ3) is 1.01. The predicted molar refractivity (Wildman–Crippen MR) is 47.4 cm³/mol. The summed E-state index contributed by atoms with van der Waals surface area (Å²) in [5.74, 6) is 3.15. The molecule has 11 heavy (non-hydrogen) atoms. The van der Waals surface area contributed by atoms with Crippen molar-refractivity contribution in [2.75, 3.05) is 0 Å². The van der Waals surface area contributed by atoms with Gasteiger partial charge in [-0.2, -0.15) is 0 Å².